The van der Waals surface area contributed by atoms with Crippen molar-refractivity contribution in [2.75, 3.05) is 0 Å². The van der Waals surface area contributed by atoms with Gasteiger partial charge in [0.25, 0.3) is 0 Å². The third kappa shape index (κ3) is 22.3. The third-order valence-corrected chi connectivity index (χ3v) is 0.354. The van der Waals surface area contributed by atoms with Crippen LogP contribution in [0.15, 0.2) is 0 Å². The summed E-state index contributed by atoms with van der Waals surface area (Å²) in [5.74, 6) is 0. The molecule has 0 aromatic rings. The van der Waals surface area contributed by atoms with Crippen LogP contribution in [0.25, 0.3) is 6.15 Å². The van der Waals surface area contributed by atoms with Gasteiger partial charge >= 0.3 is 22.4 Å². The van der Waals surface area contributed by atoms with Crippen LogP contribution in [0.4, 0.5) is 0 Å². The van der Waals surface area contributed by atoms with Crippen molar-refractivity contribution in [3.8, 4) is 0 Å². The summed E-state index contributed by atoms with van der Waals surface area (Å²) < 4.78 is 0. The van der Waals surface area contributed by atoms with Crippen LogP contribution in [-0.2, 0) is 22.4 Å². The summed E-state index contributed by atoms with van der Waals surface area (Å²) in [6, 6.07) is 0. The standard InChI is InChI=1S/C4H9.H2N.Ta/c1-3-4-2;;/h1,3-4H2,2H3;1H2;/q2*-1;+2. The number of nitrogens with two attached hydrogens (primary N) is 1. The van der Waals surface area contributed by atoms with E-state index in [2.05, 4.69) is 13.8 Å². The largest absolute Gasteiger partial charge is 2.00 e. The van der Waals surface area contributed by atoms with E-state index >= 15 is 0 Å². The number of hydrogen-bond donors (Lipinski definition) is 0. The Balaban J connectivity index is -0.0000000450. The molecule has 37 valence electrons. The summed E-state index contributed by atoms with van der Waals surface area (Å²) in [4.78, 5) is 0. The second-order valence-electron chi connectivity index (χ2n) is 0.854. The van der Waals surface area contributed by atoms with Crippen LogP contribution in [0, 0.1) is 6.92 Å². The SMILES string of the molecule is [CH2-]CCC.[NH2-].[Ta+2]. The minimum atomic E-state index is 0. The molecule has 0 unspecified atom stereocenters. The van der Waals surface area contributed by atoms with Gasteiger partial charge in [-0.25, -0.2) is 0 Å². The molecule has 2 N–H and O–H groups in total. The molecule has 0 saturated carbocycles. The molecule has 1 nitrogen and oxygen atoms in total. The van der Waals surface area contributed by atoms with Gasteiger partial charge in [0.05, 0.1) is 0 Å². The summed E-state index contributed by atoms with van der Waals surface area (Å²) in [6.07, 6.45) is 2.28. The first-order valence-corrected chi connectivity index (χ1v) is 1.71. The molecule has 0 aliphatic rings. The number of rotatable bonds is 1. The van der Waals surface area contributed by atoms with Gasteiger partial charge in [-0.2, -0.15) is 6.42 Å². The van der Waals surface area contributed by atoms with E-state index in [1.54, 1.807) is 0 Å². The molecule has 0 saturated heterocycles. The fraction of sp³-hybridized carbons (Fsp3) is 0.750. The summed E-state index contributed by atoms with van der Waals surface area (Å²) in [5, 5.41) is 0. The predicted octanol–water partition coefficient (Wildman–Crippen LogP) is 2.34. The van der Waals surface area contributed by atoms with Crippen molar-refractivity contribution < 1.29 is 22.4 Å². The van der Waals surface area contributed by atoms with Crippen molar-refractivity contribution in [3.63, 3.8) is 0 Å². The third-order valence-electron chi connectivity index (χ3n) is 0.354. The quantitative estimate of drug-likeness (QED) is 0.643. The molecule has 0 heterocycles. The minimum Gasteiger partial charge on any atom is -0.693 e. The second-order valence-corrected chi connectivity index (χ2v) is 0.854. The maximum absolute atomic E-state index is 3.60. The Hall–Kier alpha value is 0.700. The Morgan fingerprint density at radius 3 is 1.67 bits per heavy atom. The van der Waals surface area contributed by atoms with Gasteiger partial charge < -0.3 is 13.1 Å². The van der Waals surface area contributed by atoms with E-state index in [-0.39, 0.29) is 28.5 Å². The van der Waals surface area contributed by atoms with Crippen molar-refractivity contribution in [1.29, 1.82) is 0 Å². The Bertz CT molecular complexity index is 9.51. The van der Waals surface area contributed by atoms with Gasteiger partial charge in [0, 0.05) is 0 Å². The number of hydrogen-bond acceptors (Lipinski definition) is 0. The Kier molecular flexibility index (Phi) is 45.8. The van der Waals surface area contributed by atoms with Crippen molar-refractivity contribution in [1.82, 2.24) is 0 Å². The van der Waals surface area contributed by atoms with E-state index in [9.17, 15) is 0 Å². The monoisotopic (exact) mass is 254 g/mol. The zero-order valence-electron chi connectivity index (χ0n) is 4.15. The van der Waals surface area contributed by atoms with Gasteiger partial charge in [0.1, 0.15) is 0 Å². The average Bonchev–Trinajstić information content (AvgIpc) is 1.37. The second kappa shape index (κ2) is 17.3. The fourth-order valence-corrected chi connectivity index (χ4v) is 0. The predicted molar refractivity (Wildman–Crippen MR) is 25.5 cm³/mol. The van der Waals surface area contributed by atoms with Crippen molar-refractivity contribution in [3.05, 3.63) is 13.1 Å². The molecule has 0 aromatic carbocycles. The van der Waals surface area contributed by atoms with Gasteiger partial charge in [-0.05, 0) is 0 Å². The van der Waals surface area contributed by atoms with Crippen molar-refractivity contribution >= 4 is 0 Å². The molecule has 0 aliphatic heterocycles. The smallest absolute Gasteiger partial charge is 0.693 e. The van der Waals surface area contributed by atoms with Gasteiger partial charge in [-0.15, -0.1) is 0 Å². The molecule has 1 radical (unpaired) electrons. The van der Waals surface area contributed by atoms with E-state index in [1.807, 2.05) is 0 Å². The maximum Gasteiger partial charge on any atom is 2.00 e. The van der Waals surface area contributed by atoms with Crippen LogP contribution >= 0.6 is 0 Å². The van der Waals surface area contributed by atoms with E-state index in [4.69, 9.17) is 0 Å². The zero-order chi connectivity index (χ0) is 3.41. The molecule has 0 fully saturated rings. The summed E-state index contributed by atoms with van der Waals surface area (Å²) >= 11 is 0. The van der Waals surface area contributed by atoms with E-state index < -0.39 is 0 Å². The first kappa shape index (κ1) is 15.9. The molecule has 0 rings (SSSR count). The van der Waals surface area contributed by atoms with Gasteiger partial charge in [-0.3, -0.25) is 0 Å². The normalized spacial score (nSPS) is 5.00. The Morgan fingerprint density at radius 2 is 1.67 bits per heavy atom. The van der Waals surface area contributed by atoms with Crippen molar-refractivity contribution in [2.45, 2.75) is 19.8 Å². The van der Waals surface area contributed by atoms with Crippen LogP contribution in [0.5, 0.6) is 0 Å². The first-order valence-electron chi connectivity index (χ1n) is 1.71. The van der Waals surface area contributed by atoms with Gasteiger partial charge in [0.15, 0.2) is 0 Å². The van der Waals surface area contributed by atoms with Crippen molar-refractivity contribution in [2.24, 2.45) is 0 Å². The Labute approximate surface area is 55.6 Å². The summed E-state index contributed by atoms with van der Waals surface area (Å²) in [6.45, 7) is 5.72. The summed E-state index contributed by atoms with van der Waals surface area (Å²) in [5.41, 5.74) is 0. The minimum absolute atomic E-state index is 0. The topological polar surface area (TPSA) is 33.5 Å². The van der Waals surface area contributed by atoms with E-state index in [0.717, 1.165) is 6.42 Å². The molecule has 0 bridgehead atoms. The molecule has 0 spiro atoms. The molecule has 0 atom stereocenters. The fourth-order valence-electron chi connectivity index (χ4n) is 0. The van der Waals surface area contributed by atoms with Crippen LogP contribution in [0.3, 0.4) is 0 Å². The molecule has 0 aliphatic carbocycles. The van der Waals surface area contributed by atoms with Crippen LogP contribution in [0.1, 0.15) is 19.8 Å². The molecule has 0 amide bonds. The molecule has 0 aromatic heterocycles. The van der Waals surface area contributed by atoms with Crippen LogP contribution in [0.2, 0.25) is 0 Å². The van der Waals surface area contributed by atoms with E-state index in [0.29, 0.717) is 0 Å². The van der Waals surface area contributed by atoms with Crippen LogP contribution in [-0.4, -0.2) is 0 Å². The number of unbranched alkanes of at least 4 members (excludes halogenated alkanes) is 1. The maximum atomic E-state index is 3.60. The van der Waals surface area contributed by atoms with Gasteiger partial charge in [-0.1, -0.05) is 13.3 Å². The zero-order valence-corrected chi connectivity index (χ0v) is 7.36. The van der Waals surface area contributed by atoms with Crippen LogP contribution < -0.4 is 0 Å². The van der Waals surface area contributed by atoms with E-state index in [1.165, 1.54) is 6.42 Å². The first-order chi connectivity index (χ1) is 1.91. The molecule has 2 heteroatoms. The Morgan fingerprint density at radius 1 is 1.50 bits per heavy atom. The van der Waals surface area contributed by atoms with Gasteiger partial charge in [0.2, 0.25) is 0 Å². The average molecular weight is 254 g/mol. The molecule has 6 heavy (non-hydrogen) atoms. The molecular formula is C4H11NTa. The molecular weight excluding hydrogens is 243 g/mol. The summed E-state index contributed by atoms with van der Waals surface area (Å²) in [7, 11) is 0.